The minimum absolute atomic E-state index is 0.0493. The van der Waals surface area contributed by atoms with E-state index in [0.29, 0.717) is 6.61 Å². The summed E-state index contributed by atoms with van der Waals surface area (Å²) in [5.41, 5.74) is 0. The van der Waals surface area contributed by atoms with Crippen LogP contribution in [0.2, 0.25) is 0 Å². The second-order valence-electron chi connectivity index (χ2n) is 3.30. The molecule has 78 valence electrons. The van der Waals surface area contributed by atoms with Crippen LogP contribution in [0.5, 0.6) is 0 Å². The Labute approximate surface area is 80.4 Å². The maximum atomic E-state index is 10.9. The highest BCUT2D eigenvalue weighted by Crippen LogP contribution is 1.95. The predicted molar refractivity (Wildman–Crippen MR) is 51.6 cm³/mol. The minimum atomic E-state index is -0.272. The van der Waals surface area contributed by atoms with Crippen molar-refractivity contribution in [1.82, 2.24) is 0 Å². The molecule has 0 aromatic rings. The molecule has 13 heavy (non-hydrogen) atoms. The average molecular weight is 188 g/mol. The van der Waals surface area contributed by atoms with Crippen LogP contribution in [0.15, 0.2) is 0 Å². The smallest absolute Gasteiger partial charge is 0.332 e. The highest BCUT2D eigenvalue weighted by atomic mass is 16.6. The topological polar surface area (TPSA) is 35.5 Å². The fraction of sp³-hybridized carbons (Fsp3) is 0.900. The lowest BCUT2D eigenvalue weighted by molar-refractivity contribution is -0.152. The van der Waals surface area contributed by atoms with Crippen LogP contribution < -0.4 is 0 Å². The fourth-order valence-electron chi connectivity index (χ4n) is 0.907. The molecule has 0 aliphatic rings. The number of hydrogen-bond donors (Lipinski definition) is 0. The van der Waals surface area contributed by atoms with Gasteiger partial charge in [-0.2, -0.15) is 0 Å². The summed E-state index contributed by atoms with van der Waals surface area (Å²) in [5, 5.41) is 0. The maximum absolute atomic E-state index is 10.9. The second kappa shape index (κ2) is 8.05. The van der Waals surface area contributed by atoms with Gasteiger partial charge in [0.25, 0.3) is 0 Å². The van der Waals surface area contributed by atoms with Crippen LogP contribution >= 0.6 is 0 Å². The molecule has 0 aromatic heterocycles. The third-order valence-corrected chi connectivity index (χ3v) is 1.48. The summed E-state index contributed by atoms with van der Waals surface area (Å²) in [7, 11) is 0. The van der Waals surface area contributed by atoms with Crippen molar-refractivity contribution in [3.05, 3.63) is 0 Å². The van der Waals surface area contributed by atoms with Gasteiger partial charge < -0.3 is 9.47 Å². The lowest BCUT2D eigenvalue weighted by atomic mass is 10.3. The first kappa shape index (κ1) is 12.4. The zero-order valence-electron chi connectivity index (χ0n) is 8.84. The average Bonchev–Trinajstić information content (AvgIpc) is 2.02. The van der Waals surface area contributed by atoms with E-state index in [4.69, 9.17) is 9.47 Å². The molecule has 0 fully saturated rings. The Balaban J connectivity index is 3.17. The molecule has 0 bridgehead atoms. The van der Waals surface area contributed by atoms with Gasteiger partial charge in [0.15, 0.2) is 0 Å². The van der Waals surface area contributed by atoms with Gasteiger partial charge in [-0.05, 0) is 20.3 Å². The van der Waals surface area contributed by atoms with Crippen molar-refractivity contribution in [3.8, 4) is 0 Å². The van der Waals surface area contributed by atoms with Crippen LogP contribution in [-0.4, -0.2) is 25.3 Å². The fourth-order valence-corrected chi connectivity index (χ4v) is 0.907. The summed E-state index contributed by atoms with van der Waals surface area (Å²) in [6, 6.07) is 0. The van der Waals surface area contributed by atoms with Crippen molar-refractivity contribution >= 4 is 5.97 Å². The number of esters is 1. The molecular formula is C10H20O3. The van der Waals surface area contributed by atoms with Crippen LogP contribution in [0.1, 0.15) is 40.0 Å². The number of hydrogen-bond acceptors (Lipinski definition) is 3. The van der Waals surface area contributed by atoms with E-state index in [2.05, 4.69) is 6.92 Å². The molecule has 0 spiro atoms. The molecular weight excluding hydrogens is 168 g/mol. The number of rotatable bonds is 7. The zero-order chi connectivity index (χ0) is 10.1. The van der Waals surface area contributed by atoms with Gasteiger partial charge in [0.2, 0.25) is 0 Å². The summed E-state index contributed by atoms with van der Waals surface area (Å²) >= 11 is 0. The molecule has 0 aliphatic carbocycles. The SMILES string of the molecule is CCCCCOCC(=O)OC(C)C. The van der Waals surface area contributed by atoms with E-state index < -0.39 is 0 Å². The van der Waals surface area contributed by atoms with Crippen molar-refractivity contribution < 1.29 is 14.3 Å². The van der Waals surface area contributed by atoms with Gasteiger partial charge in [0.05, 0.1) is 6.10 Å². The quantitative estimate of drug-likeness (QED) is 0.453. The molecule has 0 rings (SSSR count). The van der Waals surface area contributed by atoms with Crippen molar-refractivity contribution in [3.63, 3.8) is 0 Å². The lowest BCUT2D eigenvalue weighted by Gasteiger charge is -2.07. The Morgan fingerprint density at radius 1 is 1.31 bits per heavy atom. The van der Waals surface area contributed by atoms with E-state index in [9.17, 15) is 4.79 Å². The lowest BCUT2D eigenvalue weighted by Crippen LogP contribution is -2.17. The normalized spacial score (nSPS) is 10.5. The minimum Gasteiger partial charge on any atom is -0.461 e. The van der Waals surface area contributed by atoms with Crippen LogP contribution in [0, 0.1) is 0 Å². The molecule has 0 N–H and O–H groups in total. The van der Waals surface area contributed by atoms with Crippen LogP contribution in [0.25, 0.3) is 0 Å². The number of unbranched alkanes of at least 4 members (excludes halogenated alkanes) is 2. The molecule has 3 heteroatoms. The summed E-state index contributed by atoms with van der Waals surface area (Å²) in [6.07, 6.45) is 3.29. The van der Waals surface area contributed by atoms with Crippen molar-refractivity contribution in [2.24, 2.45) is 0 Å². The molecule has 0 heterocycles. The van der Waals surface area contributed by atoms with E-state index in [1.54, 1.807) is 0 Å². The van der Waals surface area contributed by atoms with Gasteiger partial charge in [-0.15, -0.1) is 0 Å². The summed E-state index contributed by atoms with van der Waals surface area (Å²) in [5.74, 6) is -0.272. The second-order valence-corrected chi connectivity index (χ2v) is 3.30. The Hall–Kier alpha value is -0.570. The Morgan fingerprint density at radius 3 is 2.54 bits per heavy atom. The molecule has 0 aromatic carbocycles. The highest BCUT2D eigenvalue weighted by molar-refractivity contribution is 5.70. The van der Waals surface area contributed by atoms with Crippen LogP contribution in [-0.2, 0) is 14.3 Å². The number of ether oxygens (including phenoxy) is 2. The maximum Gasteiger partial charge on any atom is 0.332 e. The third kappa shape index (κ3) is 9.34. The van der Waals surface area contributed by atoms with Gasteiger partial charge in [0.1, 0.15) is 6.61 Å². The predicted octanol–water partition coefficient (Wildman–Crippen LogP) is 2.14. The first-order valence-corrected chi connectivity index (χ1v) is 4.94. The molecule has 0 saturated heterocycles. The first-order chi connectivity index (χ1) is 6.16. The first-order valence-electron chi connectivity index (χ1n) is 4.94. The van der Waals surface area contributed by atoms with E-state index in [1.165, 1.54) is 6.42 Å². The summed E-state index contributed by atoms with van der Waals surface area (Å²) < 4.78 is 10.0. The van der Waals surface area contributed by atoms with Crippen LogP contribution in [0.3, 0.4) is 0 Å². The summed E-state index contributed by atoms with van der Waals surface area (Å²) in [4.78, 5) is 10.9. The Bertz CT molecular complexity index is 132. The van der Waals surface area contributed by atoms with E-state index >= 15 is 0 Å². The molecule has 0 saturated carbocycles. The molecule has 0 amide bonds. The monoisotopic (exact) mass is 188 g/mol. The van der Waals surface area contributed by atoms with Gasteiger partial charge in [-0.1, -0.05) is 19.8 Å². The van der Waals surface area contributed by atoms with Gasteiger partial charge in [-0.3, -0.25) is 0 Å². The standard InChI is InChI=1S/C10H20O3/c1-4-5-6-7-12-8-10(11)13-9(2)3/h9H,4-8H2,1-3H3. The largest absolute Gasteiger partial charge is 0.461 e. The van der Waals surface area contributed by atoms with Crippen molar-refractivity contribution in [2.45, 2.75) is 46.1 Å². The molecule has 0 unspecified atom stereocenters. The number of carbonyl (C=O) groups is 1. The zero-order valence-corrected chi connectivity index (χ0v) is 8.84. The molecule has 3 nitrogen and oxygen atoms in total. The van der Waals surface area contributed by atoms with Crippen LogP contribution in [0.4, 0.5) is 0 Å². The van der Waals surface area contributed by atoms with E-state index in [0.717, 1.165) is 12.8 Å². The Morgan fingerprint density at radius 2 is 2.00 bits per heavy atom. The Kier molecular flexibility index (Phi) is 7.69. The molecule has 0 aliphatic heterocycles. The number of carbonyl (C=O) groups excluding carboxylic acids is 1. The van der Waals surface area contributed by atoms with Gasteiger partial charge >= 0.3 is 5.97 Å². The van der Waals surface area contributed by atoms with Crippen molar-refractivity contribution in [2.75, 3.05) is 13.2 Å². The van der Waals surface area contributed by atoms with Crippen molar-refractivity contribution in [1.29, 1.82) is 0 Å². The highest BCUT2D eigenvalue weighted by Gasteiger charge is 2.04. The van der Waals surface area contributed by atoms with Gasteiger partial charge in [-0.25, -0.2) is 4.79 Å². The van der Waals surface area contributed by atoms with E-state index in [-0.39, 0.29) is 18.7 Å². The molecule has 0 atom stereocenters. The van der Waals surface area contributed by atoms with E-state index in [1.807, 2.05) is 13.8 Å². The van der Waals surface area contributed by atoms with Gasteiger partial charge in [0, 0.05) is 6.61 Å². The third-order valence-electron chi connectivity index (χ3n) is 1.48. The molecule has 0 radical (unpaired) electrons. The summed E-state index contributed by atoms with van der Waals surface area (Å²) in [6.45, 7) is 6.53.